The SMILES string of the molecule is CCC(CO)(CO)NCc1ccc(C#N)cc1Cl. The van der Waals surface area contributed by atoms with Crippen molar-refractivity contribution in [1.29, 1.82) is 5.26 Å². The largest absolute Gasteiger partial charge is 0.394 e. The molecule has 3 N–H and O–H groups in total. The maximum Gasteiger partial charge on any atom is 0.0992 e. The zero-order valence-corrected chi connectivity index (χ0v) is 11.0. The number of rotatable bonds is 6. The molecule has 98 valence electrons. The molecule has 0 aromatic heterocycles. The Kier molecular flexibility index (Phi) is 5.57. The van der Waals surface area contributed by atoms with E-state index in [2.05, 4.69) is 5.32 Å². The number of halogens is 1. The number of nitriles is 1. The first-order valence-corrected chi connectivity index (χ1v) is 6.14. The highest BCUT2D eigenvalue weighted by atomic mass is 35.5. The van der Waals surface area contributed by atoms with Gasteiger partial charge in [-0.05, 0) is 24.1 Å². The minimum absolute atomic E-state index is 0.145. The van der Waals surface area contributed by atoms with Crippen LogP contribution in [0.5, 0.6) is 0 Å². The molecule has 1 rings (SSSR count). The molecule has 0 saturated heterocycles. The van der Waals surface area contributed by atoms with Gasteiger partial charge >= 0.3 is 0 Å². The average Bonchev–Trinajstić information content (AvgIpc) is 2.42. The molecule has 5 heteroatoms. The van der Waals surface area contributed by atoms with Crippen molar-refractivity contribution in [2.45, 2.75) is 25.4 Å². The maximum absolute atomic E-state index is 9.31. The first-order chi connectivity index (χ1) is 8.60. The van der Waals surface area contributed by atoms with Crippen LogP contribution < -0.4 is 5.32 Å². The van der Waals surface area contributed by atoms with Crippen molar-refractivity contribution in [1.82, 2.24) is 5.32 Å². The summed E-state index contributed by atoms with van der Waals surface area (Å²) in [5.74, 6) is 0. The summed E-state index contributed by atoms with van der Waals surface area (Å²) in [6, 6.07) is 7.07. The molecule has 1 aromatic carbocycles. The third kappa shape index (κ3) is 3.44. The van der Waals surface area contributed by atoms with Gasteiger partial charge in [-0.3, -0.25) is 0 Å². The summed E-state index contributed by atoms with van der Waals surface area (Å²) in [5, 5.41) is 31.0. The zero-order chi connectivity index (χ0) is 13.6. The van der Waals surface area contributed by atoms with Crippen molar-refractivity contribution in [3.8, 4) is 6.07 Å². The average molecular weight is 269 g/mol. The number of hydrogen-bond acceptors (Lipinski definition) is 4. The molecule has 0 bridgehead atoms. The van der Waals surface area contributed by atoms with E-state index in [0.29, 0.717) is 23.6 Å². The van der Waals surface area contributed by atoms with Crippen LogP contribution in [-0.2, 0) is 6.54 Å². The normalized spacial score (nSPS) is 11.3. The van der Waals surface area contributed by atoms with Gasteiger partial charge in [0, 0.05) is 11.6 Å². The number of nitrogens with zero attached hydrogens (tertiary/aromatic N) is 1. The lowest BCUT2D eigenvalue weighted by Crippen LogP contribution is -2.50. The summed E-state index contributed by atoms with van der Waals surface area (Å²) in [7, 11) is 0. The highest BCUT2D eigenvalue weighted by Crippen LogP contribution is 2.19. The molecule has 0 unspecified atom stereocenters. The predicted molar refractivity (Wildman–Crippen MR) is 70.2 cm³/mol. The Hall–Kier alpha value is -1.12. The Morgan fingerprint density at radius 3 is 2.50 bits per heavy atom. The Morgan fingerprint density at radius 2 is 2.06 bits per heavy atom. The summed E-state index contributed by atoms with van der Waals surface area (Å²) in [6.07, 6.45) is 0.605. The van der Waals surface area contributed by atoms with E-state index in [9.17, 15) is 10.2 Å². The van der Waals surface area contributed by atoms with E-state index in [1.54, 1.807) is 18.2 Å². The summed E-state index contributed by atoms with van der Waals surface area (Å²) in [5.41, 5.74) is 0.641. The number of hydrogen-bond donors (Lipinski definition) is 3. The second-order valence-corrected chi connectivity index (χ2v) is 4.63. The molecule has 0 spiro atoms. The fraction of sp³-hybridized carbons (Fsp3) is 0.462. The summed E-state index contributed by atoms with van der Waals surface area (Å²) in [6.45, 7) is 2.03. The van der Waals surface area contributed by atoms with Gasteiger partial charge < -0.3 is 15.5 Å². The van der Waals surface area contributed by atoms with Crippen molar-refractivity contribution in [3.05, 3.63) is 34.3 Å². The molecule has 0 aliphatic heterocycles. The molecule has 0 aliphatic carbocycles. The minimum atomic E-state index is -0.697. The fourth-order valence-corrected chi connectivity index (χ4v) is 1.80. The van der Waals surface area contributed by atoms with Crippen LogP contribution >= 0.6 is 11.6 Å². The molecule has 18 heavy (non-hydrogen) atoms. The Balaban J connectivity index is 2.77. The number of nitrogens with one attached hydrogen (secondary N) is 1. The van der Waals surface area contributed by atoms with E-state index in [1.165, 1.54) is 0 Å². The number of aliphatic hydroxyl groups is 2. The van der Waals surface area contributed by atoms with Gasteiger partial charge in [-0.2, -0.15) is 5.26 Å². The van der Waals surface area contributed by atoms with Crippen molar-refractivity contribution in [3.63, 3.8) is 0 Å². The zero-order valence-electron chi connectivity index (χ0n) is 10.3. The van der Waals surface area contributed by atoms with E-state index < -0.39 is 5.54 Å². The lowest BCUT2D eigenvalue weighted by molar-refractivity contribution is 0.0864. The Labute approximate surface area is 112 Å². The van der Waals surface area contributed by atoms with Crippen LogP contribution in [0.2, 0.25) is 5.02 Å². The molecule has 4 nitrogen and oxygen atoms in total. The third-order valence-electron chi connectivity index (χ3n) is 3.12. The van der Waals surface area contributed by atoms with Gasteiger partial charge in [0.1, 0.15) is 0 Å². The lowest BCUT2D eigenvalue weighted by atomic mass is 9.98. The summed E-state index contributed by atoms with van der Waals surface area (Å²) >= 11 is 6.05. The van der Waals surface area contributed by atoms with Crippen LogP contribution in [-0.4, -0.2) is 29.0 Å². The van der Waals surface area contributed by atoms with Gasteiger partial charge in [-0.25, -0.2) is 0 Å². The fourth-order valence-electron chi connectivity index (χ4n) is 1.55. The molecular formula is C13H17ClN2O2. The van der Waals surface area contributed by atoms with Crippen LogP contribution in [0.25, 0.3) is 0 Å². The lowest BCUT2D eigenvalue weighted by Gasteiger charge is -2.30. The second-order valence-electron chi connectivity index (χ2n) is 4.22. The molecule has 0 radical (unpaired) electrons. The molecule has 0 atom stereocenters. The monoisotopic (exact) mass is 268 g/mol. The standard InChI is InChI=1S/C13H17ClN2O2/c1-2-13(8-17,9-18)16-7-11-4-3-10(6-15)5-12(11)14/h3-5,16-18H,2,7-9H2,1H3. The van der Waals surface area contributed by atoms with Gasteiger partial charge in [0.15, 0.2) is 0 Å². The van der Waals surface area contributed by atoms with Gasteiger partial charge in [0.25, 0.3) is 0 Å². The number of benzene rings is 1. The van der Waals surface area contributed by atoms with Gasteiger partial charge in [0.05, 0.1) is 30.4 Å². The smallest absolute Gasteiger partial charge is 0.0992 e. The van der Waals surface area contributed by atoms with E-state index >= 15 is 0 Å². The highest BCUT2D eigenvalue weighted by molar-refractivity contribution is 6.31. The summed E-state index contributed by atoms with van der Waals surface area (Å²) in [4.78, 5) is 0. The molecule has 0 amide bonds. The van der Waals surface area contributed by atoms with Gasteiger partial charge in [-0.1, -0.05) is 24.6 Å². The minimum Gasteiger partial charge on any atom is -0.394 e. The van der Waals surface area contributed by atoms with E-state index in [-0.39, 0.29) is 13.2 Å². The van der Waals surface area contributed by atoms with Crippen molar-refractivity contribution in [2.75, 3.05) is 13.2 Å². The van der Waals surface area contributed by atoms with Crippen molar-refractivity contribution in [2.24, 2.45) is 0 Å². The molecule has 0 saturated carbocycles. The van der Waals surface area contributed by atoms with Crippen LogP contribution in [0.1, 0.15) is 24.5 Å². The molecule has 0 heterocycles. The van der Waals surface area contributed by atoms with Crippen molar-refractivity contribution < 1.29 is 10.2 Å². The van der Waals surface area contributed by atoms with Crippen LogP contribution in [0.3, 0.4) is 0 Å². The van der Waals surface area contributed by atoms with Crippen molar-refractivity contribution >= 4 is 11.6 Å². The first kappa shape index (κ1) is 14.9. The van der Waals surface area contributed by atoms with E-state index in [1.807, 2.05) is 13.0 Å². The summed E-state index contributed by atoms with van der Waals surface area (Å²) < 4.78 is 0. The molecular weight excluding hydrogens is 252 g/mol. The van der Waals surface area contributed by atoms with Gasteiger partial charge in [0.2, 0.25) is 0 Å². The topological polar surface area (TPSA) is 76.3 Å². The highest BCUT2D eigenvalue weighted by Gasteiger charge is 2.25. The van der Waals surface area contributed by atoms with E-state index in [0.717, 1.165) is 5.56 Å². The van der Waals surface area contributed by atoms with Crippen LogP contribution in [0.4, 0.5) is 0 Å². The molecule has 0 fully saturated rings. The third-order valence-corrected chi connectivity index (χ3v) is 3.47. The molecule has 0 aliphatic rings. The quantitative estimate of drug-likeness (QED) is 0.730. The van der Waals surface area contributed by atoms with Gasteiger partial charge in [-0.15, -0.1) is 0 Å². The first-order valence-electron chi connectivity index (χ1n) is 5.76. The maximum atomic E-state index is 9.31. The van der Waals surface area contributed by atoms with E-state index in [4.69, 9.17) is 16.9 Å². The molecule has 1 aromatic rings. The Morgan fingerprint density at radius 1 is 1.39 bits per heavy atom. The van der Waals surface area contributed by atoms with Crippen LogP contribution in [0, 0.1) is 11.3 Å². The Bertz CT molecular complexity index is 431. The number of aliphatic hydroxyl groups excluding tert-OH is 2. The predicted octanol–water partition coefficient (Wildman–Crippen LogP) is 1.43. The second kappa shape index (κ2) is 6.72. The van der Waals surface area contributed by atoms with Crippen LogP contribution in [0.15, 0.2) is 18.2 Å².